The van der Waals surface area contributed by atoms with Crippen molar-refractivity contribution in [3.05, 3.63) is 36.5 Å². The van der Waals surface area contributed by atoms with Gasteiger partial charge in [0.1, 0.15) is 6.10 Å². The molecule has 5 nitrogen and oxygen atoms in total. The SMILES string of the molecule is CCCCCCCCCCCCCCCCC/C=C/CC/C=C/CC/C=C/C(O)C(CO)NC(=O)C(O)CCCCCCCCCCCCCCCCCCCCCCCCCC. The lowest BCUT2D eigenvalue weighted by molar-refractivity contribution is -0.131. The normalized spacial score (nSPS) is 13.5. The van der Waals surface area contributed by atoms with Crippen molar-refractivity contribution >= 4 is 5.91 Å². The number of amides is 1. The van der Waals surface area contributed by atoms with E-state index >= 15 is 0 Å². The number of carbonyl (C=O) groups excluding carboxylic acids is 1. The van der Waals surface area contributed by atoms with Crippen molar-refractivity contribution < 1.29 is 20.1 Å². The standard InChI is InChI=1S/C58H111NO4/c1-3-5-7-9-11-13-15-17-19-21-23-25-27-29-31-32-34-36-38-40-42-44-46-48-50-52-56(61)55(54-60)59-58(63)57(62)53-51-49-47-45-43-41-39-37-35-33-30-28-26-24-22-20-18-16-14-12-10-8-6-4-2/h34,36,42,44,50,52,55-57,60-62H,3-33,35,37-41,43,45-49,51,53-54H2,1-2H3,(H,59,63)/b36-34+,44-42+,52-50+. The summed E-state index contributed by atoms with van der Waals surface area (Å²) in [5.41, 5.74) is 0. The van der Waals surface area contributed by atoms with E-state index in [-0.39, 0.29) is 6.61 Å². The molecule has 3 unspecified atom stereocenters. The van der Waals surface area contributed by atoms with Crippen molar-refractivity contribution in [2.75, 3.05) is 6.61 Å². The maximum Gasteiger partial charge on any atom is 0.249 e. The highest BCUT2D eigenvalue weighted by atomic mass is 16.3. The van der Waals surface area contributed by atoms with Crippen LogP contribution in [0.5, 0.6) is 0 Å². The fourth-order valence-electron chi connectivity index (χ4n) is 8.81. The second-order valence-corrected chi connectivity index (χ2v) is 19.5. The molecule has 3 atom stereocenters. The Morgan fingerprint density at radius 3 is 0.968 bits per heavy atom. The molecule has 4 N–H and O–H groups in total. The van der Waals surface area contributed by atoms with Gasteiger partial charge < -0.3 is 20.6 Å². The van der Waals surface area contributed by atoms with E-state index in [0.717, 1.165) is 44.9 Å². The van der Waals surface area contributed by atoms with Crippen molar-refractivity contribution in [2.24, 2.45) is 0 Å². The zero-order chi connectivity index (χ0) is 45.8. The molecule has 0 aliphatic carbocycles. The Hall–Kier alpha value is -1.43. The van der Waals surface area contributed by atoms with Crippen molar-refractivity contribution in [1.29, 1.82) is 0 Å². The quantitative estimate of drug-likeness (QED) is 0.0362. The molecule has 0 fully saturated rings. The molecular weight excluding hydrogens is 775 g/mol. The van der Waals surface area contributed by atoms with Gasteiger partial charge in [0, 0.05) is 0 Å². The molecule has 63 heavy (non-hydrogen) atoms. The predicted octanol–water partition coefficient (Wildman–Crippen LogP) is 17.4. The zero-order valence-electron chi connectivity index (χ0n) is 42.5. The lowest BCUT2D eigenvalue weighted by atomic mass is 10.0. The highest BCUT2D eigenvalue weighted by Gasteiger charge is 2.22. The molecule has 1 amide bonds. The fraction of sp³-hybridized carbons (Fsp3) is 0.879. The lowest BCUT2D eigenvalue weighted by Crippen LogP contribution is -2.48. The Kier molecular flexibility index (Phi) is 52.0. The molecule has 0 radical (unpaired) electrons. The summed E-state index contributed by atoms with van der Waals surface area (Å²) < 4.78 is 0. The van der Waals surface area contributed by atoms with E-state index in [1.54, 1.807) is 6.08 Å². The summed E-state index contributed by atoms with van der Waals surface area (Å²) in [4.78, 5) is 12.5. The van der Waals surface area contributed by atoms with E-state index < -0.39 is 24.2 Å². The number of unbranched alkanes of at least 4 members (excludes halogenated alkanes) is 40. The Bertz CT molecular complexity index is 978. The van der Waals surface area contributed by atoms with Crippen LogP contribution in [0.3, 0.4) is 0 Å². The smallest absolute Gasteiger partial charge is 0.249 e. The number of rotatable bonds is 52. The average molecular weight is 887 g/mol. The number of allylic oxidation sites excluding steroid dienone is 5. The van der Waals surface area contributed by atoms with E-state index in [1.165, 1.54) is 238 Å². The number of aliphatic hydroxyl groups excluding tert-OH is 3. The minimum Gasteiger partial charge on any atom is -0.394 e. The summed E-state index contributed by atoms with van der Waals surface area (Å²) in [6.07, 6.45) is 69.4. The third-order valence-electron chi connectivity index (χ3n) is 13.2. The molecule has 0 saturated heterocycles. The monoisotopic (exact) mass is 886 g/mol. The van der Waals surface area contributed by atoms with Gasteiger partial charge in [-0.2, -0.15) is 0 Å². The van der Waals surface area contributed by atoms with Crippen LogP contribution in [-0.2, 0) is 4.79 Å². The van der Waals surface area contributed by atoms with E-state index in [0.29, 0.717) is 6.42 Å². The van der Waals surface area contributed by atoms with Gasteiger partial charge in [-0.15, -0.1) is 0 Å². The Balaban J connectivity index is 3.62. The van der Waals surface area contributed by atoms with Crippen LogP contribution in [-0.4, -0.2) is 46.1 Å². The second kappa shape index (κ2) is 53.2. The number of hydrogen-bond donors (Lipinski definition) is 4. The van der Waals surface area contributed by atoms with E-state index in [4.69, 9.17) is 0 Å². The molecule has 0 saturated carbocycles. The van der Waals surface area contributed by atoms with E-state index in [1.807, 2.05) is 6.08 Å². The molecule has 0 aromatic rings. The minimum atomic E-state index is -1.11. The maximum absolute atomic E-state index is 12.5. The van der Waals surface area contributed by atoms with Crippen molar-refractivity contribution in [3.8, 4) is 0 Å². The largest absolute Gasteiger partial charge is 0.394 e. The van der Waals surface area contributed by atoms with Crippen LogP contribution in [0, 0.1) is 0 Å². The molecule has 372 valence electrons. The summed E-state index contributed by atoms with van der Waals surface area (Å²) in [6, 6.07) is -0.820. The van der Waals surface area contributed by atoms with Crippen molar-refractivity contribution in [3.63, 3.8) is 0 Å². The number of hydrogen-bond acceptors (Lipinski definition) is 4. The van der Waals surface area contributed by atoms with Crippen LogP contribution in [0.15, 0.2) is 36.5 Å². The van der Waals surface area contributed by atoms with Gasteiger partial charge in [0.2, 0.25) is 5.91 Å². The summed E-state index contributed by atoms with van der Waals surface area (Å²) >= 11 is 0. The maximum atomic E-state index is 12.5. The summed E-state index contributed by atoms with van der Waals surface area (Å²) in [6.45, 7) is 4.20. The van der Waals surface area contributed by atoms with Crippen LogP contribution in [0.1, 0.15) is 303 Å². The van der Waals surface area contributed by atoms with E-state index in [2.05, 4.69) is 43.5 Å². The van der Waals surface area contributed by atoms with Crippen LogP contribution < -0.4 is 5.32 Å². The van der Waals surface area contributed by atoms with E-state index in [9.17, 15) is 20.1 Å². The molecule has 0 heterocycles. The third kappa shape index (κ3) is 48.3. The molecule has 0 aliphatic heterocycles. The van der Waals surface area contributed by atoms with Crippen LogP contribution in [0.25, 0.3) is 0 Å². The molecule has 5 heteroatoms. The summed E-state index contributed by atoms with van der Waals surface area (Å²) in [5, 5.41) is 33.3. The molecule has 0 spiro atoms. The molecule has 0 aliphatic rings. The first-order chi connectivity index (χ1) is 31.1. The number of nitrogens with one attached hydrogen (secondary N) is 1. The van der Waals surface area contributed by atoms with Gasteiger partial charge in [-0.3, -0.25) is 4.79 Å². The second-order valence-electron chi connectivity index (χ2n) is 19.5. The van der Waals surface area contributed by atoms with Crippen LogP contribution in [0.2, 0.25) is 0 Å². The molecule has 0 rings (SSSR count). The predicted molar refractivity (Wildman–Crippen MR) is 278 cm³/mol. The summed E-state index contributed by atoms with van der Waals surface area (Å²) in [5.74, 6) is -0.512. The Morgan fingerprint density at radius 1 is 0.381 bits per heavy atom. The van der Waals surface area contributed by atoms with Crippen LogP contribution >= 0.6 is 0 Å². The topological polar surface area (TPSA) is 89.8 Å². The van der Waals surface area contributed by atoms with Gasteiger partial charge in [0.25, 0.3) is 0 Å². The minimum absolute atomic E-state index is 0.379. The first-order valence-electron chi connectivity index (χ1n) is 28.3. The molecule has 0 aromatic carbocycles. The average Bonchev–Trinajstić information content (AvgIpc) is 3.29. The van der Waals surface area contributed by atoms with Crippen LogP contribution in [0.4, 0.5) is 0 Å². The molecule has 0 bridgehead atoms. The first kappa shape index (κ1) is 61.6. The van der Waals surface area contributed by atoms with Gasteiger partial charge in [0.05, 0.1) is 18.8 Å². The number of carbonyl (C=O) groups is 1. The summed E-state index contributed by atoms with van der Waals surface area (Å²) in [7, 11) is 0. The van der Waals surface area contributed by atoms with Gasteiger partial charge in [-0.05, 0) is 44.9 Å². The van der Waals surface area contributed by atoms with Crippen molar-refractivity contribution in [2.45, 2.75) is 321 Å². The third-order valence-corrected chi connectivity index (χ3v) is 13.2. The molecular formula is C58H111NO4. The fourth-order valence-corrected chi connectivity index (χ4v) is 8.81. The molecule has 0 aromatic heterocycles. The van der Waals surface area contributed by atoms with Gasteiger partial charge in [-0.1, -0.05) is 294 Å². The van der Waals surface area contributed by atoms with Gasteiger partial charge >= 0.3 is 0 Å². The highest BCUT2D eigenvalue weighted by Crippen LogP contribution is 2.17. The van der Waals surface area contributed by atoms with Gasteiger partial charge in [-0.25, -0.2) is 0 Å². The van der Waals surface area contributed by atoms with Crippen molar-refractivity contribution in [1.82, 2.24) is 5.32 Å². The Morgan fingerprint density at radius 2 is 0.651 bits per heavy atom. The first-order valence-corrected chi connectivity index (χ1v) is 28.3. The Labute approximate surface area is 394 Å². The zero-order valence-corrected chi connectivity index (χ0v) is 42.5. The lowest BCUT2D eigenvalue weighted by Gasteiger charge is -2.21. The number of aliphatic hydroxyl groups is 3. The van der Waals surface area contributed by atoms with Gasteiger partial charge in [0.15, 0.2) is 0 Å². The highest BCUT2D eigenvalue weighted by molar-refractivity contribution is 5.80.